The molecule has 6 heteroatoms. The second-order valence-corrected chi connectivity index (χ2v) is 2.30. The molecule has 0 saturated carbocycles. The molecule has 1 heterocycles. The van der Waals surface area contributed by atoms with Gasteiger partial charge in [0.1, 0.15) is 0 Å². The lowest BCUT2D eigenvalue weighted by Crippen LogP contribution is -2.07. The Morgan fingerprint density at radius 1 is 1.15 bits per heavy atom. The molecule has 5 nitrogen and oxygen atoms in total. The molecule has 2 aromatic rings. The van der Waals surface area contributed by atoms with E-state index in [0.29, 0.717) is 0 Å². The Morgan fingerprint density at radius 2 is 1.77 bits per heavy atom. The van der Waals surface area contributed by atoms with Crippen LogP contribution in [0.2, 0.25) is 0 Å². The predicted molar refractivity (Wildman–Crippen MR) is 48.5 cm³/mol. The highest BCUT2D eigenvalue weighted by atomic mass is 16.5. The SMILES string of the molecule is OB(O)O.c1ccc2[nH]ncc2c1. The molecule has 0 atom stereocenters. The molecular formula is C7H9BN2O3. The fraction of sp³-hybridized carbons (Fsp3) is 0. The summed E-state index contributed by atoms with van der Waals surface area (Å²) in [5.74, 6) is 0. The number of para-hydroxylation sites is 1. The number of benzene rings is 1. The Hall–Kier alpha value is -1.37. The van der Waals surface area contributed by atoms with Crippen LogP contribution in [0.3, 0.4) is 0 Å². The third kappa shape index (κ3) is 3.24. The van der Waals surface area contributed by atoms with E-state index >= 15 is 0 Å². The van der Waals surface area contributed by atoms with E-state index in [0.717, 1.165) is 10.9 Å². The molecule has 0 aliphatic heterocycles. The van der Waals surface area contributed by atoms with Gasteiger partial charge in [0.25, 0.3) is 0 Å². The van der Waals surface area contributed by atoms with Gasteiger partial charge < -0.3 is 15.1 Å². The van der Waals surface area contributed by atoms with Crippen molar-refractivity contribution in [2.75, 3.05) is 0 Å². The van der Waals surface area contributed by atoms with Crippen LogP contribution in [0.4, 0.5) is 0 Å². The third-order valence-electron chi connectivity index (χ3n) is 1.35. The Kier molecular flexibility index (Phi) is 3.45. The van der Waals surface area contributed by atoms with Gasteiger partial charge in [0.05, 0.1) is 11.7 Å². The predicted octanol–water partition coefficient (Wildman–Crippen LogP) is -0.489. The van der Waals surface area contributed by atoms with Crippen LogP contribution in [0.25, 0.3) is 10.9 Å². The molecular weight excluding hydrogens is 171 g/mol. The summed E-state index contributed by atoms with van der Waals surface area (Å²) in [6.45, 7) is 0. The van der Waals surface area contributed by atoms with Crippen LogP contribution in [0.1, 0.15) is 0 Å². The highest BCUT2D eigenvalue weighted by molar-refractivity contribution is 6.30. The summed E-state index contributed by atoms with van der Waals surface area (Å²) in [6, 6.07) is 8.01. The number of hydrogen-bond acceptors (Lipinski definition) is 4. The van der Waals surface area contributed by atoms with E-state index in [9.17, 15) is 0 Å². The van der Waals surface area contributed by atoms with Crippen LogP contribution in [0.5, 0.6) is 0 Å². The maximum absolute atomic E-state index is 7.17. The Balaban J connectivity index is 0.000000184. The van der Waals surface area contributed by atoms with Crippen molar-refractivity contribution in [2.45, 2.75) is 0 Å². The third-order valence-corrected chi connectivity index (χ3v) is 1.35. The van der Waals surface area contributed by atoms with Crippen LogP contribution in [0, 0.1) is 0 Å². The van der Waals surface area contributed by atoms with Crippen molar-refractivity contribution in [1.29, 1.82) is 0 Å². The van der Waals surface area contributed by atoms with Crippen molar-refractivity contribution < 1.29 is 15.1 Å². The number of rotatable bonds is 0. The van der Waals surface area contributed by atoms with Gasteiger partial charge in [-0.1, -0.05) is 18.2 Å². The molecule has 4 N–H and O–H groups in total. The van der Waals surface area contributed by atoms with Gasteiger partial charge in [-0.3, -0.25) is 5.10 Å². The lowest BCUT2D eigenvalue weighted by atomic mass is 10.3. The molecule has 13 heavy (non-hydrogen) atoms. The van der Waals surface area contributed by atoms with E-state index in [4.69, 9.17) is 15.1 Å². The minimum atomic E-state index is -2.17. The molecule has 0 aliphatic rings. The number of aromatic nitrogens is 2. The lowest BCUT2D eigenvalue weighted by Gasteiger charge is -1.81. The van der Waals surface area contributed by atoms with E-state index in [-0.39, 0.29) is 0 Å². The van der Waals surface area contributed by atoms with Gasteiger partial charge in [0.15, 0.2) is 0 Å². The van der Waals surface area contributed by atoms with E-state index in [1.165, 1.54) is 0 Å². The quantitative estimate of drug-likeness (QED) is 0.412. The Morgan fingerprint density at radius 3 is 2.38 bits per heavy atom. The standard InChI is InChI=1S/C7H6N2.BH3O3/c1-2-4-7-6(3-1)5-8-9-7;2-1(3)4/h1-5H,(H,8,9);2-4H. The Labute approximate surface area is 74.8 Å². The maximum atomic E-state index is 7.17. The van der Waals surface area contributed by atoms with Crippen LogP contribution in [-0.4, -0.2) is 32.6 Å². The van der Waals surface area contributed by atoms with Crippen LogP contribution in [-0.2, 0) is 0 Å². The van der Waals surface area contributed by atoms with Crippen LogP contribution < -0.4 is 0 Å². The molecule has 0 saturated heterocycles. The van der Waals surface area contributed by atoms with E-state index < -0.39 is 7.32 Å². The topological polar surface area (TPSA) is 89.4 Å². The summed E-state index contributed by atoms with van der Waals surface area (Å²) >= 11 is 0. The molecule has 0 aliphatic carbocycles. The van der Waals surface area contributed by atoms with Gasteiger partial charge in [-0.2, -0.15) is 5.10 Å². The van der Waals surface area contributed by atoms with Crippen LogP contribution >= 0.6 is 0 Å². The number of hydrogen-bond donors (Lipinski definition) is 4. The minimum Gasteiger partial charge on any atom is -0.402 e. The molecule has 1 aromatic heterocycles. The normalized spacial score (nSPS) is 9.15. The van der Waals surface area contributed by atoms with E-state index in [2.05, 4.69) is 10.2 Å². The number of aromatic amines is 1. The molecule has 0 spiro atoms. The maximum Gasteiger partial charge on any atom is 0.631 e. The zero-order chi connectivity index (χ0) is 9.68. The molecule has 0 unspecified atom stereocenters. The summed E-state index contributed by atoms with van der Waals surface area (Å²) in [5.41, 5.74) is 1.09. The second-order valence-electron chi connectivity index (χ2n) is 2.30. The average Bonchev–Trinajstić information content (AvgIpc) is 2.49. The van der Waals surface area contributed by atoms with E-state index in [1.54, 1.807) is 0 Å². The summed E-state index contributed by atoms with van der Waals surface area (Å²) in [4.78, 5) is 0. The van der Waals surface area contributed by atoms with Gasteiger partial charge in [-0.05, 0) is 6.07 Å². The number of fused-ring (bicyclic) bond motifs is 1. The Bertz CT molecular complexity index is 330. The van der Waals surface area contributed by atoms with Crippen LogP contribution in [0.15, 0.2) is 30.5 Å². The first-order chi connectivity index (χ1) is 6.20. The molecule has 0 amide bonds. The van der Waals surface area contributed by atoms with Crippen molar-refractivity contribution in [3.05, 3.63) is 30.5 Å². The number of nitrogens with zero attached hydrogens (tertiary/aromatic N) is 1. The first kappa shape index (κ1) is 9.72. The average molecular weight is 180 g/mol. The largest absolute Gasteiger partial charge is 0.631 e. The van der Waals surface area contributed by atoms with E-state index in [1.807, 2.05) is 30.5 Å². The summed E-state index contributed by atoms with van der Waals surface area (Å²) < 4.78 is 0. The monoisotopic (exact) mass is 180 g/mol. The van der Waals surface area contributed by atoms with Gasteiger partial charge in [-0.25, -0.2) is 0 Å². The molecule has 0 bridgehead atoms. The summed E-state index contributed by atoms with van der Waals surface area (Å²) in [5, 5.41) is 29.4. The van der Waals surface area contributed by atoms with Crippen molar-refractivity contribution in [3.63, 3.8) is 0 Å². The van der Waals surface area contributed by atoms with Crippen molar-refractivity contribution >= 4 is 18.2 Å². The van der Waals surface area contributed by atoms with Gasteiger partial charge in [0.2, 0.25) is 0 Å². The van der Waals surface area contributed by atoms with Gasteiger partial charge in [0, 0.05) is 5.39 Å². The van der Waals surface area contributed by atoms with Crippen molar-refractivity contribution in [2.24, 2.45) is 0 Å². The second kappa shape index (κ2) is 4.61. The molecule has 0 radical (unpaired) electrons. The van der Waals surface area contributed by atoms with Gasteiger partial charge in [-0.15, -0.1) is 0 Å². The fourth-order valence-corrected chi connectivity index (χ4v) is 0.883. The number of H-pyrrole nitrogens is 1. The molecule has 68 valence electrons. The zero-order valence-electron chi connectivity index (χ0n) is 6.75. The number of nitrogens with one attached hydrogen (secondary N) is 1. The fourth-order valence-electron chi connectivity index (χ4n) is 0.883. The minimum absolute atomic E-state index is 1.09. The molecule has 0 fully saturated rings. The molecule has 1 aromatic carbocycles. The summed E-state index contributed by atoms with van der Waals surface area (Å²) in [7, 11) is -2.17. The van der Waals surface area contributed by atoms with Crippen molar-refractivity contribution in [1.82, 2.24) is 10.2 Å². The first-order valence-corrected chi connectivity index (χ1v) is 3.62. The van der Waals surface area contributed by atoms with Crippen molar-refractivity contribution in [3.8, 4) is 0 Å². The molecule has 2 rings (SSSR count). The zero-order valence-corrected chi connectivity index (χ0v) is 6.75. The van der Waals surface area contributed by atoms with Gasteiger partial charge >= 0.3 is 7.32 Å². The summed E-state index contributed by atoms with van der Waals surface area (Å²) in [6.07, 6.45) is 1.81. The lowest BCUT2D eigenvalue weighted by molar-refractivity contribution is 0.278. The highest BCUT2D eigenvalue weighted by Gasteiger charge is 1.92. The first-order valence-electron chi connectivity index (χ1n) is 3.62. The smallest absolute Gasteiger partial charge is 0.402 e. The highest BCUT2D eigenvalue weighted by Crippen LogP contribution is 2.06.